The summed E-state index contributed by atoms with van der Waals surface area (Å²) in [5.41, 5.74) is 6.33. The molecular weight excluding hydrogens is 162 g/mol. The van der Waals surface area contributed by atoms with Gasteiger partial charge in [0.15, 0.2) is 0 Å². The Balaban J connectivity index is 1.83. The molecule has 1 aliphatic heterocycles. The van der Waals surface area contributed by atoms with Gasteiger partial charge in [-0.15, -0.1) is 0 Å². The molecule has 2 aliphatic rings. The zero-order valence-electron chi connectivity index (χ0n) is 8.43. The molecule has 1 saturated heterocycles. The lowest BCUT2D eigenvalue weighted by Gasteiger charge is -2.35. The first-order chi connectivity index (χ1) is 6.29. The minimum atomic E-state index is 0.0211. The van der Waals surface area contributed by atoms with Crippen molar-refractivity contribution in [2.45, 2.75) is 50.5 Å². The maximum Gasteiger partial charge on any atom is 0.0646 e. The maximum atomic E-state index is 6.31. The van der Waals surface area contributed by atoms with Gasteiger partial charge in [0.2, 0.25) is 0 Å². The topological polar surface area (TPSA) is 35.2 Å². The van der Waals surface area contributed by atoms with E-state index in [9.17, 15) is 0 Å². The largest absolute Gasteiger partial charge is 0.380 e. The Morgan fingerprint density at radius 3 is 2.62 bits per heavy atom. The molecule has 1 saturated carbocycles. The van der Waals surface area contributed by atoms with Crippen LogP contribution in [-0.4, -0.2) is 18.8 Å². The van der Waals surface area contributed by atoms with Crippen molar-refractivity contribution in [3.8, 4) is 0 Å². The van der Waals surface area contributed by atoms with Crippen LogP contribution in [0.2, 0.25) is 0 Å². The first-order valence-electron chi connectivity index (χ1n) is 5.65. The van der Waals surface area contributed by atoms with Gasteiger partial charge in [0.1, 0.15) is 0 Å². The lowest BCUT2D eigenvalue weighted by molar-refractivity contribution is 0.0276. The van der Waals surface area contributed by atoms with Gasteiger partial charge >= 0.3 is 0 Å². The summed E-state index contributed by atoms with van der Waals surface area (Å²) in [7, 11) is 0. The molecule has 13 heavy (non-hydrogen) atoms. The van der Waals surface area contributed by atoms with Crippen LogP contribution in [0, 0.1) is 5.92 Å². The third-order valence-corrected chi connectivity index (χ3v) is 3.52. The van der Waals surface area contributed by atoms with Gasteiger partial charge in [0.25, 0.3) is 0 Å². The Morgan fingerprint density at radius 1 is 1.23 bits per heavy atom. The summed E-state index contributed by atoms with van der Waals surface area (Å²) >= 11 is 0. The minimum Gasteiger partial charge on any atom is -0.380 e. The number of hydrogen-bond acceptors (Lipinski definition) is 2. The normalized spacial score (nSPS) is 36.7. The first kappa shape index (κ1) is 9.47. The van der Waals surface area contributed by atoms with Crippen LogP contribution in [0.25, 0.3) is 0 Å². The van der Waals surface area contributed by atoms with Crippen LogP contribution in [0.1, 0.15) is 44.9 Å². The van der Waals surface area contributed by atoms with Crippen molar-refractivity contribution < 1.29 is 4.74 Å². The minimum absolute atomic E-state index is 0.0211. The smallest absolute Gasteiger partial charge is 0.0646 e. The van der Waals surface area contributed by atoms with E-state index in [1.165, 1.54) is 38.5 Å². The van der Waals surface area contributed by atoms with E-state index in [1.54, 1.807) is 0 Å². The number of ether oxygens (including phenoxy) is 1. The van der Waals surface area contributed by atoms with Gasteiger partial charge < -0.3 is 10.5 Å². The summed E-state index contributed by atoms with van der Waals surface area (Å²) in [4.78, 5) is 0. The first-order valence-corrected chi connectivity index (χ1v) is 5.65. The molecule has 1 atom stereocenters. The summed E-state index contributed by atoms with van der Waals surface area (Å²) in [5.74, 6) is 0.895. The second-order valence-corrected chi connectivity index (χ2v) is 4.87. The van der Waals surface area contributed by atoms with Crippen molar-refractivity contribution in [3.05, 3.63) is 0 Å². The summed E-state index contributed by atoms with van der Waals surface area (Å²) in [6.07, 6.45) is 9.17. The monoisotopic (exact) mass is 183 g/mol. The molecule has 0 aromatic heterocycles. The van der Waals surface area contributed by atoms with E-state index < -0.39 is 0 Å². The lowest BCUT2D eigenvalue weighted by atomic mass is 9.83. The molecule has 0 amide bonds. The van der Waals surface area contributed by atoms with E-state index in [2.05, 4.69) is 0 Å². The van der Waals surface area contributed by atoms with E-state index in [-0.39, 0.29) is 5.54 Å². The standard InChI is InChI=1S/C11H21NO/c12-11(6-3-7-13-9-11)8-10-4-1-2-5-10/h10H,1-9,12H2. The van der Waals surface area contributed by atoms with Crippen molar-refractivity contribution in [3.63, 3.8) is 0 Å². The SMILES string of the molecule is NC1(CC2CCCC2)CCCOC1. The van der Waals surface area contributed by atoms with Crippen molar-refractivity contribution >= 4 is 0 Å². The molecule has 0 spiro atoms. The Morgan fingerprint density at radius 2 is 2.00 bits per heavy atom. The second kappa shape index (κ2) is 3.97. The van der Waals surface area contributed by atoms with E-state index in [4.69, 9.17) is 10.5 Å². The Bertz CT molecular complexity index is 157. The average Bonchev–Trinajstić information content (AvgIpc) is 2.57. The fourth-order valence-corrected chi connectivity index (χ4v) is 2.82. The van der Waals surface area contributed by atoms with E-state index in [1.807, 2.05) is 0 Å². The predicted molar refractivity (Wildman–Crippen MR) is 53.5 cm³/mol. The van der Waals surface area contributed by atoms with Crippen LogP contribution in [-0.2, 0) is 4.74 Å². The number of nitrogens with two attached hydrogens (primary N) is 1. The van der Waals surface area contributed by atoms with Crippen molar-refractivity contribution in [2.24, 2.45) is 11.7 Å². The van der Waals surface area contributed by atoms with Crippen molar-refractivity contribution in [2.75, 3.05) is 13.2 Å². The molecule has 2 fully saturated rings. The van der Waals surface area contributed by atoms with Crippen LogP contribution in [0.3, 0.4) is 0 Å². The molecule has 76 valence electrons. The third kappa shape index (κ3) is 2.44. The van der Waals surface area contributed by atoms with Gasteiger partial charge in [0, 0.05) is 12.1 Å². The van der Waals surface area contributed by atoms with E-state index in [0.29, 0.717) is 0 Å². The molecule has 0 bridgehead atoms. The molecule has 2 heteroatoms. The van der Waals surface area contributed by atoms with Crippen LogP contribution >= 0.6 is 0 Å². The lowest BCUT2D eigenvalue weighted by Crippen LogP contribution is -2.48. The van der Waals surface area contributed by atoms with E-state index in [0.717, 1.165) is 25.6 Å². The summed E-state index contributed by atoms with van der Waals surface area (Å²) in [6.45, 7) is 1.72. The van der Waals surface area contributed by atoms with Gasteiger partial charge in [-0.3, -0.25) is 0 Å². The van der Waals surface area contributed by atoms with Crippen molar-refractivity contribution in [1.29, 1.82) is 0 Å². The predicted octanol–water partition coefficient (Wildman–Crippen LogP) is 2.07. The molecular formula is C11H21NO. The molecule has 0 radical (unpaired) electrons. The third-order valence-electron chi connectivity index (χ3n) is 3.52. The molecule has 1 unspecified atom stereocenters. The van der Waals surface area contributed by atoms with Crippen molar-refractivity contribution in [1.82, 2.24) is 0 Å². The quantitative estimate of drug-likeness (QED) is 0.711. The average molecular weight is 183 g/mol. The maximum absolute atomic E-state index is 6.31. The van der Waals surface area contributed by atoms with Crippen LogP contribution in [0.15, 0.2) is 0 Å². The highest BCUT2D eigenvalue weighted by molar-refractivity contribution is 4.89. The highest BCUT2D eigenvalue weighted by Crippen LogP contribution is 2.33. The molecule has 2 nitrogen and oxygen atoms in total. The molecule has 1 heterocycles. The Hall–Kier alpha value is -0.0800. The molecule has 0 aromatic rings. The summed E-state index contributed by atoms with van der Waals surface area (Å²) < 4.78 is 5.47. The zero-order chi connectivity index (χ0) is 9.15. The van der Waals surface area contributed by atoms with E-state index >= 15 is 0 Å². The van der Waals surface area contributed by atoms with Gasteiger partial charge in [-0.05, 0) is 25.2 Å². The Labute approximate surface area is 80.8 Å². The zero-order valence-corrected chi connectivity index (χ0v) is 8.43. The van der Waals surface area contributed by atoms with Gasteiger partial charge in [0.05, 0.1) is 6.61 Å². The highest BCUT2D eigenvalue weighted by Gasteiger charge is 2.32. The summed E-state index contributed by atoms with van der Waals surface area (Å²) in [6, 6.07) is 0. The number of hydrogen-bond donors (Lipinski definition) is 1. The molecule has 1 aliphatic carbocycles. The summed E-state index contributed by atoms with van der Waals surface area (Å²) in [5, 5.41) is 0. The fraction of sp³-hybridized carbons (Fsp3) is 1.00. The van der Waals surface area contributed by atoms with Gasteiger partial charge in [-0.1, -0.05) is 25.7 Å². The van der Waals surface area contributed by atoms with Crippen LogP contribution < -0.4 is 5.73 Å². The van der Waals surface area contributed by atoms with Gasteiger partial charge in [-0.25, -0.2) is 0 Å². The molecule has 2 rings (SSSR count). The second-order valence-electron chi connectivity index (χ2n) is 4.87. The molecule has 0 aromatic carbocycles. The Kier molecular flexibility index (Phi) is 2.89. The number of rotatable bonds is 2. The van der Waals surface area contributed by atoms with Crippen LogP contribution in [0.5, 0.6) is 0 Å². The van der Waals surface area contributed by atoms with Crippen LogP contribution in [0.4, 0.5) is 0 Å². The molecule has 2 N–H and O–H groups in total. The highest BCUT2D eigenvalue weighted by atomic mass is 16.5. The van der Waals surface area contributed by atoms with Gasteiger partial charge in [-0.2, -0.15) is 0 Å². The fourth-order valence-electron chi connectivity index (χ4n) is 2.82.